The molecule has 1 aromatic carbocycles. The van der Waals surface area contributed by atoms with Crippen molar-refractivity contribution in [3.05, 3.63) is 47.5 Å². The van der Waals surface area contributed by atoms with Gasteiger partial charge >= 0.3 is 11.9 Å². The van der Waals surface area contributed by atoms with Crippen LogP contribution in [0.3, 0.4) is 0 Å². The summed E-state index contributed by atoms with van der Waals surface area (Å²) in [7, 11) is 2.57. The molecule has 0 bridgehead atoms. The van der Waals surface area contributed by atoms with Crippen molar-refractivity contribution in [2.24, 2.45) is 11.3 Å². The van der Waals surface area contributed by atoms with Gasteiger partial charge in [-0.1, -0.05) is 57.2 Å². The van der Waals surface area contributed by atoms with Gasteiger partial charge in [0.2, 0.25) is 0 Å². The van der Waals surface area contributed by atoms with Gasteiger partial charge in [-0.2, -0.15) is 0 Å². The second-order valence-corrected chi connectivity index (χ2v) is 6.91. The number of carbonyl (C=O) groups excluding carboxylic acids is 2. The third-order valence-electron chi connectivity index (χ3n) is 4.40. The van der Waals surface area contributed by atoms with E-state index in [0.29, 0.717) is 0 Å². The molecule has 124 valence electrons. The Balaban J connectivity index is 2.53. The first-order valence-corrected chi connectivity index (χ1v) is 7.74. The first-order chi connectivity index (χ1) is 10.8. The minimum absolute atomic E-state index is 0.0452. The molecular formula is C19H24O4. The van der Waals surface area contributed by atoms with Crippen LogP contribution in [0.2, 0.25) is 0 Å². The van der Waals surface area contributed by atoms with Crippen LogP contribution >= 0.6 is 0 Å². The molecule has 0 heterocycles. The third kappa shape index (κ3) is 3.31. The van der Waals surface area contributed by atoms with E-state index in [1.807, 2.05) is 24.3 Å². The molecule has 1 aliphatic rings. The first-order valence-electron chi connectivity index (χ1n) is 7.74. The Morgan fingerprint density at radius 3 is 1.96 bits per heavy atom. The fourth-order valence-electron chi connectivity index (χ4n) is 3.23. The zero-order valence-electron chi connectivity index (χ0n) is 14.3. The Kier molecular flexibility index (Phi) is 4.93. The van der Waals surface area contributed by atoms with Crippen LogP contribution in [0.5, 0.6) is 0 Å². The largest absolute Gasteiger partial charge is 0.468 e. The van der Waals surface area contributed by atoms with E-state index in [1.54, 1.807) is 0 Å². The van der Waals surface area contributed by atoms with Crippen LogP contribution in [-0.4, -0.2) is 26.2 Å². The minimum Gasteiger partial charge on any atom is -0.468 e. The number of ether oxygens (including phenoxy) is 2. The van der Waals surface area contributed by atoms with E-state index >= 15 is 0 Å². The Bertz CT molecular complexity index is 609. The summed E-state index contributed by atoms with van der Waals surface area (Å²) >= 11 is 0. The lowest BCUT2D eigenvalue weighted by atomic mass is 9.68. The molecule has 0 fully saturated rings. The molecule has 2 rings (SSSR count). The van der Waals surface area contributed by atoms with Gasteiger partial charge in [-0.05, 0) is 16.5 Å². The standard InChI is InChI=1S/C19H24O4/c1-19(2,3)15-11-10-14(12-8-6-7-9-13(12)15)16(17(20)22-4)18(21)23-5/h6-11,14-16H,1-5H3/t14-,15+/m0/s1. The molecule has 1 aliphatic carbocycles. The number of fused-ring (bicyclic) bond motifs is 1. The molecule has 4 nitrogen and oxygen atoms in total. The fraction of sp³-hybridized carbons (Fsp3) is 0.474. The predicted molar refractivity (Wildman–Crippen MR) is 88.0 cm³/mol. The predicted octanol–water partition coefficient (Wildman–Crippen LogP) is 3.43. The molecule has 0 radical (unpaired) electrons. The highest BCUT2D eigenvalue weighted by Gasteiger charge is 2.41. The molecule has 0 spiro atoms. The van der Waals surface area contributed by atoms with Crippen molar-refractivity contribution < 1.29 is 19.1 Å². The molecule has 0 amide bonds. The van der Waals surface area contributed by atoms with Crippen molar-refractivity contribution in [3.63, 3.8) is 0 Å². The van der Waals surface area contributed by atoms with E-state index in [-0.39, 0.29) is 17.3 Å². The van der Waals surface area contributed by atoms with Crippen LogP contribution in [0, 0.1) is 11.3 Å². The summed E-state index contributed by atoms with van der Waals surface area (Å²) in [4.78, 5) is 24.3. The van der Waals surface area contributed by atoms with Crippen molar-refractivity contribution >= 4 is 11.9 Å². The van der Waals surface area contributed by atoms with E-state index < -0.39 is 17.9 Å². The monoisotopic (exact) mass is 316 g/mol. The van der Waals surface area contributed by atoms with Crippen LogP contribution < -0.4 is 0 Å². The Labute approximate surface area is 137 Å². The molecule has 0 aromatic heterocycles. The second kappa shape index (κ2) is 6.57. The van der Waals surface area contributed by atoms with E-state index in [2.05, 4.69) is 32.9 Å². The van der Waals surface area contributed by atoms with Gasteiger partial charge in [0.25, 0.3) is 0 Å². The summed E-state index contributed by atoms with van der Waals surface area (Å²) in [5.41, 5.74) is 2.17. The van der Waals surface area contributed by atoms with E-state index in [9.17, 15) is 9.59 Å². The Morgan fingerprint density at radius 2 is 1.48 bits per heavy atom. The van der Waals surface area contributed by atoms with Gasteiger partial charge in [0, 0.05) is 11.8 Å². The minimum atomic E-state index is -0.983. The number of allylic oxidation sites excluding steroid dienone is 2. The van der Waals surface area contributed by atoms with Gasteiger partial charge in [0.1, 0.15) is 0 Å². The number of hydrogen-bond acceptors (Lipinski definition) is 4. The quantitative estimate of drug-likeness (QED) is 0.487. The van der Waals surface area contributed by atoms with Crippen LogP contribution in [0.1, 0.15) is 43.7 Å². The van der Waals surface area contributed by atoms with E-state index in [4.69, 9.17) is 9.47 Å². The van der Waals surface area contributed by atoms with Crippen LogP contribution in [-0.2, 0) is 19.1 Å². The molecule has 0 saturated heterocycles. The molecule has 0 aliphatic heterocycles. The highest BCUT2D eigenvalue weighted by atomic mass is 16.5. The maximum atomic E-state index is 12.1. The van der Waals surface area contributed by atoms with E-state index in [0.717, 1.165) is 11.1 Å². The van der Waals surface area contributed by atoms with Crippen molar-refractivity contribution in [3.8, 4) is 0 Å². The SMILES string of the molecule is COC(=O)C(C(=O)OC)[C@H]1C=C[C@@H](C(C)(C)C)c2ccccc21. The number of carbonyl (C=O) groups is 2. The summed E-state index contributed by atoms with van der Waals surface area (Å²) in [6, 6.07) is 7.95. The maximum absolute atomic E-state index is 12.1. The van der Waals surface area contributed by atoms with Crippen LogP contribution in [0.4, 0.5) is 0 Å². The van der Waals surface area contributed by atoms with Crippen LogP contribution in [0.25, 0.3) is 0 Å². The van der Waals surface area contributed by atoms with Gasteiger partial charge in [-0.15, -0.1) is 0 Å². The summed E-state index contributed by atoms with van der Waals surface area (Å²) < 4.78 is 9.65. The molecule has 0 saturated carbocycles. The molecule has 2 atom stereocenters. The zero-order chi connectivity index (χ0) is 17.2. The lowest BCUT2D eigenvalue weighted by Gasteiger charge is -2.36. The normalized spacial score (nSPS) is 20.1. The summed E-state index contributed by atoms with van der Waals surface area (Å²) in [6.45, 7) is 6.53. The number of esters is 2. The molecule has 4 heteroatoms. The van der Waals surface area contributed by atoms with Gasteiger partial charge < -0.3 is 9.47 Å². The summed E-state index contributed by atoms with van der Waals surface area (Å²) in [6.07, 6.45) is 4.03. The summed E-state index contributed by atoms with van der Waals surface area (Å²) in [5.74, 6) is -2.27. The van der Waals surface area contributed by atoms with Crippen molar-refractivity contribution in [2.75, 3.05) is 14.2 Å². The lowest BCUT2D eigenvalue weighted by molar-refractivity contribution is -0.159. The van der Waals surface area contributed by atoms with Crippen molar-refractivity contribution in [1.82, 2.24) is 0 Å². The van der Waals surface area contributed by atoms with Crippen LogP contribution in [0.15, 0.2) is 36.4 Å². The van der Waals surface area contributed by atoms with Gasteiger partial charge in [-0.25, -0.2) is 0 Å². The highest BCUT2D eigenvalue weighted by molar-refractivity contribution is 5.96. The Morgan fingerprint density at radius 1 is 0.957 bits per heavy atom. The molecule has 1 aromatic rings. The topological polar surface area (TPSA) is 52.6 Å². The average Bonchev–Trinajstić information content (AvgIpc) is 2.53. The highest BCUT2D eigenvalue weighted by Crippen LogP contribution is 2.45. The smallest absolute Gasteiger partial charge is 0.321 e. The van der Waals surface area contributed by atoms with Crippen molar-refractivity contribution in [2.45, 2.75) is 32.6 Å². The Hall–Kier alpha value is -2.10. The number of benzene rings is 1. The van der Waals surface area contributed by atoms with Crippen molar-refractivity contribution in [1.29, 1.82) is 0 Å². The number of hydrogen-bond donors (Lipinski definition) is 0. The second-order valence-electron chi connectivity index (χ2n) is 6.91. The number of rotatable bonds is 3. The average molecular weight is 316 g/mol. The first kappa shape index (κ1) is 17.3. The number of methoxy groups -OCH3 is 2. The molecule has 0 unspecified atom stereocenters. The maximum Gasteiger partial charge on any atom is 0.321 e. The zero-order valence-corrected chi connectivity index (χ0v) is 14.3. The van der Waals surface area contributed by atoms with E-state index in [1.165, 1.54) is 14.2 Å². The lowest BCUT2D eigenvalue weighted by Crippen LogP contribution is -2.34. The fourth-order valence-corrected chi connectivity index (χ4v) is 3.23. The molecule has 0 N–H and O–H groups in total. The molecular weight excluding hydrogens is 292 g/mol. The van der Waals surface area contributed by atoms with Gasteiger partial charge in [0.15, 0.2) is 5.92 Å². The van der Waals surface area contributed by atoms with Gasteiger partial charge in [0.05, 0.1) is 14.2 Å². The molecule has 23 heavy (non-hydrogen) atoms. The third-order valence-corrected chi connectivity index (χ3v) is 4.40. The summed E-state index contributed by atoms with van der Waals surface area (Å²) in [5, 5.41) is 0. The van der Waals surface area contributed by atoms with Gasteiger partial charge in [-0.3, -0.25) is 9.59 Å².